The van der Waals surface area contributed by atoms with Crippen molar-refractivity contribution in [2.45, 2.75) is 26.3 Å². The lowest BCUT2D eigenvalue weighted by Gasteiger charge is -2.17. The molecule has 0 amide bonds. The number of rotatable bonds is 4. The normalized spacial score (nSPS) is 12.0. The van der Waals surface area contributed by atoms with E-state index in [0.717, 1.165) is 17.7 Å². The van der Waals surface area contributed by atoms with Gasteiger partial charge in [-0.25, -0.2) is 0 Å². The standard InChI is InChI=1S/C12H17ClN2OS/c1-3-9(7-16)14-12(17)15-10-5-4-8(2)11(13)6-10/h4-6,9,16H,3,7H2,1-2H3,(H2,14,15,17)/t9-/m0/s1. The fraction of sp³-hybridized carbons (Fsp3) is 0.417. The van der Waals surface area contributed by atoms with Crippen molar-refractivity contribution in [1.29, 1.82) is 0 Å². The molecule has 0 aliphatic carbocycles. The van der Waals surface area contributed by atoms with Crippen molar-refractivity contribution in [1.82, 2.24) is 5.32 Å². The van der Waals surface area contributed by atoms with Crippen LogP contribution in [0.3, 0.4) is 0 Å². The van der Waals surface area contributed by atoms with Crippen molar-refractivity contribution in [2.75, 3.05) is 11.9 Å². The van der Waals surface area contributed by atoms with Gasteiger partial charge in [0.15, 0.2) is 5.11 Å². The smallest absolute Gasteiger partial charge is 0.171 e. The molecule has 5 heteroatoms. The molecular weight excluding hydrogens is 256 g/mol. The van der Waals surface area contributed by atoms with Gasteiger partial charge in [0, 0.05) is 10.7 Å². The molecule has 3 N–H and O–H groups in total. The Kier molecular flexibility index (Phi) is 5.68. The van der Waals surface area contributed by atoms with Crippen LogP contribution < -0.4 is 10.6 Å². The summed E-state index contributed by atoms with van der Waals surface area (Å²) >= 11 is 11.2. The molecule has 0 aliphatic rings. The first-order valence-electron chi connectivity index (χ1n) is 5.51. The van der Waals surface area contributed by atoms with E-state index < -0.39 is 0 Å². The van der Waals surface area contributed by atoms with Crippen LogP contribution in [0.2, 0.25) is 5.02 Å². The summed E-state index contributed by atoms with van der Waals surface area (Å²) in [6.07, 6.45) is 0.812. The largest absolute Gasteiger partial charge is 0.394 e. The minimum Gasteiger partial charge on any atom is -0.394 e. The number of benzene rings is 1. The molecule has 1 rings (SSSR count). The van der Waals surface area contributed by atoms with Gasteiger partial charge in [0.1, 0.15) is 0 Å². The molecule has 1 aromatic carbocycles. The molecule has 0 bridgehead atoms. The van der Waals surface area contributed by atoms with Gasteiger partial charge < -0.3 is 15.7 Å². The quantitative estimate of drug-likeness (QED) is 0.738. The second-order valence-electron chi connectivity index (χ2n) is 3.85. The number of hydrogen-bond donors (Lipinski definition) is 3. The molecule has 1 aromatic rings. The zero-order valence-electron chi connectivity index (χ0n) is 9.96. The van der Waals surface area contributed by atoms with E-state index in [1.807, 2.05) is 32.0 Å². The average molecular weight is 273 g/mol. The molecular formula is C12H17ClN2OS. The summed E-state index contributed by atoms with van der Waals surface area (Å²) in [6.45, 7) is 3.99. The molecule has 3 nitrogen and oxygen atoms in total. The maximum Gasteiger partial charge on any atom is 0.171 e. The molecule has 0 aliphatic heterocycles. The van der Waals surface area contributed by atoms with Gasteiger partial charge in [0.05, 0.1) is 12.6 Å². The zero-order valence-corrected chi connectivity index (χ0v) is 11.5. The molecule has 0 spiro atoms. The van der Waals surface area contributed by atoms with E-state index in [1.165, 1.54) is 0 Å². The van der Waals surface area contributed by atoms with Crippen molar-refractivity contribution < 1.29 is 5.11 Å². The Bertz CT molecular complexity index is 394. The first-order chi connectivity index (χ1) is 8.06. The monoisotopic (exact) mass is 272 g/mol. The first kappa shape index (κ1) is 14.2. The highest BCUT2D eigenvalue weighted by atomic mass is 35.5. The molecule has 0 saturated heterocycles. The van der Waals surface area contributed by atoms with E-state index in [0.29, 0.717) is 10.1 Å². The van der Waals surface area contributed by atoms with E-state index in [9.17, 15) is 0 Å². The molecule has 0 heterocycles. The topological polar surface area (TPSA) is 44.3 Å². The fourth-order valence-electron chi connectivity index (χ4n) is 1.30. The van der Waals surface area contributed by atoms with E-state index in [1.54, 1.807) is 0 Å². The maximum absolute atomic E-state index is 9.05. The summed E-state index contributed by atoms with van der Waals surface area (Å²) in [5.41, 5.74) is 1.86. The van der Waals surface area contributed by atoms with Crippen LogP contribution in [0.15, 0.2) is 18.2 Å². The van der Waals surface area contributed by atoms with Crippen molar-refractivity contribution in [3.8, 4) is 0 Å². The van der Waals surface area contributed by atoms with Crippen LogP contribution in [-0.4, -0.2) is 22.9 Å². The van der Waals surface area contributed by atoms with Gasteiger partial charge >= 0.3 is 0 Å². The van der Waals surface area contributed by atoms with E-state index in [2.05, 4.69) is 10.6 Å². The number of anilines is 1. The SMILES string of the molecule is CC[C@@H](CO)NC(=S)Nc1ccc(C)c(Cl)c1. The third-order valence-corrected chi connectivity index (χ3v) is 3.11. The lowest BCUT2D eigenvalue weighted by atomic mass is 10.2. The van der Waals surface area contributed by atoms with Crippen LogP contribution >= 0.6 is 23.8 Å². The molecule has 94 valence electrons. The Morgan fingerprint density at radius 2 is 2.24 bits per heavy atom. The van der Waals surface area contributed by atoms with Crippen LogP contribution in [0.4, 0.5) is 5.69 Å². The van der Waals surface area contributed by atoms with Gasteiger partial charge in [-0.15, -0.1) is 0 Å². The van der Waals surface area contributed by atoms with Gasteiger partial charge in [-0.05, 0) is 43.3 Å². The minimum atomic E-state index is -0.0177. The Labute approximate surface area is 112 Å². The van der Waals surface area contributed by atoms with Crippen molar-refractivity contribution in [3.63, 3.8) is 0 Å². The average Bonchev–Trinajstić information content (AvgIpc) is 2.31. The molecule has 1 atom stereocenters. The first-order valence-corrected chi connectivity index (χ1v) is 6.30. The zero-order chi connectivity index (χ0) is 12.8. The van der Waals surface area contributed by atoms with Gasteiger partial charge in [-0.3, -0.25) is 0 Å². The predicted octanol–water partition coefficient (Wildman–Crippen LogP) is 2.71. The lowest BCUT2D eigenvalue weighted by Crippen LogP contribution is -2.39. The maximum atomic E-state index is 9.05. The summed E-state index contributed by atoms with van der Waals surface area (Å²) < 4.78 is 0. The number of aryl methyl sites for hydroxylation is 1. The van der Waals surface area contributed by atoms with Crippen LogP contribution in [0.5, 0.6) is 0 Å². The summed E-state index contributed by atoms with van der Waals surface area (Å²) in [5.74, 6) is 0. The summed E-state index contributed by atoms with van der Waals surface area (Å²) in [5, 5.41) is 16.3. The van der Waals surface area contributed by atoms with E-state index >= 15 is 0 Å². The number of thiocarbonyl (C=S) groups is 1. The Morgan fingerprint density at radius 1 is 1.53 bits per heavy atom. The highest BCUT2D eigenvalue weighted by molar-refractivity contribution is 7.80. The summed E-state index contributed by atoms with van der Waals surface area (Å²) in [7, 11) is 0. The van der Waals surface area contributed by atoms with E-state index in [4.69, 9.17) is 28.9 Å². The number of nitrogens with one attached hydrogen (secondary N) is 2. The van der Waals surface area contributed by atoms with Crippen LogP contribution in [0, 0.1) is 6.92 Å². The van der Waals surface area contributed by atoms with Crippen molar-refractivity contribution in [3.05, 3.63) is 28.8 Å². The minimum absolute atomic E-state index is 0.0177. The Morgan fingerprint density at radius 3 is 2.76 bits per heavy atom. The van der Waals surface area contributed by atoms with Crippen molar-refractivity contribution >= 4 is 34.6 Å². The van der Waals surface area contributed by atoms with Gasteiger partial charge in [0.25, 0.3) is 0 Å². The molecule has 17 heavy (non-hydrogen) atoms. The number of hydrogen-bond acceptors (Lipinski definition) is 2. The van der Waals surface area contributed by atoms with Gasteiger partial charge in [-0.2, -0.15) is 0 Å². The second kappa shape index (κ2) is 6.79. The number of aliphatic hydroxyl groups is 1. The highest BCUT2D eigenvalue weighted by Crippen LogP contribution is 2.19. The van der Waals surface area contributed by atoms with Gasteiger partial charge in [-0.1, -0.05) is 24.6 Å². The van der Waals surface area contributed by atoms with Crippen LogP contribution in [0.25, 0.3) is 0 Å². The number of halogens is 1. The summed E-state index contributed by atoms with van der Waals surface area (Å²) in [4.78, 5) is 0. The molecule has 0 aromatic heterocycles. The van der Waals surface area contributed by atoms with Crippen molar-refractivity contribution in [2.24, 2.45) is 0 Å². The molecule has 0 radical (unpaired) electrons. The highest BCUT2D eigenvalue weighted by Gasteiger charge is 2.06. The van der Waals surface area contributed by atoms with Crippen LogP contribution in [0.1, 0.15) is 18.9 Å². The predicted molar refractivity (Wildman–Crippen MR) is 76.7 cm³/mol. The Balaban J connectivity index is 2.58. The number of aliphatic hydroxyl groups excluding tert-OH is 1. The third kappa shape index (κ3) is 4.50. The molecule has 0 saturated carbocycles. The molecule has 0 unspecified atom stereocenters. The lowest BCUT2D eigenvalue weighted by molar-refractivity contribution is 0.253. The summed E-state index contributed by atoms with van der Waals surface area (Å²) in [6, 6.07) is 5.65. The van der Waals surface area contributed by atoms with Crippen LogP contribution in [-0.2, 0) is 0 Å². The third-order valence-electron chi connectivity index (χ3n) is 2.48. The Hall–Kier alpha value is -0.840. The van der Waals surface area contributed by atoms with Gasteiger partial charge in [0.2, 0.25) is 0 Å². The van der Waals surface area contributed by atoms with E-state index in [-0.39, 0.29) is 12.6 Å². The fourth-order valence-corrected chi connectivity index (χ4v) is 1.77. The molecule has 0 fully saturated rings. The second-order valence-corrected chi connectivity index (χ2v) is 4.67.